The first kappa shape index (κ1) is 24.1. The van der Waals surface area contributed by atoms with Crippen LogP contribution in [-0.4, -0.2) is 53.1 Å². The zero-order chi connectivity index (χ0) is 23.2. The fourth-order valence-corrected chi connectivity index (χ4v) is 5.30. The van der Waals surface area contributed by atoms with Gasteiger partial charge in [-0.05, 0) is 66.9 Å². The van der Waals surface area contributed by atoms with Crippen molar-refractivity contribution in [2.24, 2.45) is 0 Å². The summed E-state index contributed by atoms with van der Waals surface area (Å²) in [6.07, 6.45) is 6.09. The number of hydrogen-bond acceptors (Lipinski definition) is 4. The number of likely N-dealkylation sites (tertiary alicyclic amines) is 1. The number of nitrogens with zero attached hydrogens (tertiary/aromatic N) is 3. The van der Waals surface area contributed by atoms with Crippen LogP contribution in [0.1, 0.15) is 24.4 Å². The van der Waals surface area contributed by atoms with E-state index in [9.17, 15) is 4.79 Å². The zero-order valence-electron chi connectivity index (χ0n) is 18.6. The smallest absolute Gasteiger partial charge is 0.233 e. The predicted octanol–water partition coefficient (Wildman–Crippen LogP) is 6.44. The molecule has 0 spiro atoms. The molecule has 2 heterocycles. The van der Waals surface area contributed by atoms with Gasteiger partial charge in [0, 0.05) is 30.9 Å². The molecular formula is C26H27Cl2N3OS. The van der Waals surface area contributed by atoms with Gasteiger partial charge in [0.25, 0.3) is 0 Å². The molecule has 1 fully saturated rings. The maximum absolute atomic E-state index is 13.2. The number of halogens is 2. The van der Waals surface area contributed by atoms with Crippen LogP contribution in [0.5, 0.6) is 0 Å². The number of carbonyl (C=O) groups excluding carboxylic acids is 1. The second kappa shape index (κ2) is 11.4. The number of aromatic nitrogens is 1. The van der Waals surface area contributed by atoms with Crippen molar-refractivity contribution < 1.29 is 4.79 Å². The maximum atomic E-state index is 13.2. The molecule has 1 amide bonds. The molecule has 33 heavy (non-hydrogen) atoms. The molecule has 1 aliphatic rings. The third kappa shape index (κ3) is 6.30. The highest BCUT2D eigenvalue weighted by atomic mass is 35.5. The Morgan fingerprint density at radius 2 is 1.82 bits per heavy atom. The Morgan fingerprint density at radius 3 is 2.48 bits per heavy atom. The van der Waals surface area contributed by atoms with Crippen molar-refractivity contribution in [3.8, 4) is 11.1 Å². The minimum atomic E-state index is -0.00652. The lowest BCUT2D eigenvalue weighted by Crippen LogP contribution is -2.39. The van der Waals surface area contributed by atoms with Crippen molar-refractivity contribution in [1.82, 2.24) is 14.8 Å². The van der Waals surface area contributed by atoms with Gasteiger partial charge in [0.2, 0.25) is 5.91 Å². The van der Waals surface area contributed by atoms with Gasteiger partial charge in [-0.1, -0.05) is 53.5 Å². The van der Waals surface area contributed by atoms with E-state index in [1.54, 1.807) is 18.3 Å². The highest BCUT2D eigenvalue weighted by Gasteiger charge is 2.25. The fourth-order valence-electron chi connectivity index (χ4n) is 4.08. The Hall–Kier alpha value is -2.05. The summed E-state index contributed by atoms with van der Waals surface area (Å²) in [6, 6.07) is 18.0. The van der Waals surface area contributed by atoms with Crippen LogP contribution < -0.4 is 0 Å². The molecule has 1 saturated heterocycles. The van der Waals surface area contributed by atoms with Gasteiger partial charge >= 0.3 is 0 Å². The number of carbonyl (C=O) groups is 1. The molecule has 0 aliphatic carbocycles. The first-order valence-electron chi connectivity index (χ1n) is 11.1. The van der Waals surface area contributed by atoms with Gasteiger partial charge in [0.1, 0.15) is 0 Å². The van der Waals surface area contributed by atoms with Gasteiger partial charge in [-0.25, -0.2) is 0 Å². The molecule has 0 bridgehead atoms. The van der Waals surface area contributed by atoms with Crippen molar-refractivity contribution in [2.45, 2.75) is 23.8 Å². The molecule has 1 atom stereocenters. The first-order valence-corrected chi connectivity index (χ1v) is 12.8. The third-order valence-electron chi connectivity index (χ3n) is 6.03. The Kier molecular flexibility index (Phi) is 8.31. The topological polar surface area (TPSA) is 36.4 Å². The second-order valence-corrected chi connectivity index (χ2v) is 10.1. The van der Waals surface area contributed by atoms with E-state index in [-0.39, 0.29) is 11.9 Å². The van der Waals surface area contributed by atoms with E-state index in [0.717, 1.165) is 41.2 Å². The Balaban J connectivity index is 1.49. The maximum Gasteiger partial charge on any atom is 0.233 e. The number of pyridine rings is 1. The molecule has 1 unspecified atom stereocenters. The van der Waals surface area contributed by atoms with Gasteiger partial charge in [0.05, 0.1) is 21.8 Å². The van der Waals surface area contributed by atoms with E-state index < -0.39 is 0 Å². The SMILES string of the molecule is CN(C(=O)CSc1ccc(Cl)c(Cl)c1)C(CN1CCCC1)c1ccc(-c2cccnc2)cc1. The van der Waals surface area contributed by atoms with Crippen molar-refractivity contribution in [3.63, 3.8) is 0 Å². The summed E-state index contributed by atoms with van der Waals surface area (Å²) in [4.78, 5) is 22.7. The van der Waals surface area contributed by atoms with Gasteiger partial charge in [-0.15, -0.1) is 11.8 Å². The summed E-state index contributed by atoms with van der Waals surface area (Å²) >= 11 is 13.6. The van der Waals surface area contributed by atoms with E-state index in [0.29, 0.717) is 15.8 Å². The van der Waals surface area contributed by atoms with E-state index in [1.165, 1.54) is 24.6 Å². The van der Waals surface area contributed by atoms with Gasteiger partial charge in [0.15, 0.2) is 0 Å². The largest absolute Gasteiger partial charge is 0.337 e. The number of likely N-dealkylation sites (N-methyl/N-ethyl adjacent to an activating group) is 1. The molecule has 0 radical (unpaired) electrons. The standard InChI is InChI=1S/C26H27Cl2N3OS/c1-30(26(32)18-33-22-10-11-23(27)24(28)15-22)25(17-31-13-2-3-14-31)20-8-6-19(7-9-20)21-5-4-12-29-16-21/h4-12,15-16,25H,2-3,13-14,17-18H2,1H3. The summed E-state index contributed by atoms with van der Waals surface area (Å²) in [5, 5.41) is 1.02. The molecule has 1 aromatic heterocycles. The molecule has 4 rings (SSSR count). The molecule has 0 N–H and O–H groups in total. The summed E-state index contributed by atoms with van der Waals surface area (Å²) in [5.74, 6) is 0.435. The van der Waals surface area contributed by atoms with Gasteiger partial charge < -0.3 is 9.80 Å². The summed E-state index contributed by atoms with van der Waals surface area (Å²) < 4.78 is 0. The number of hydrogen-bond donors (Lipinski definition) is 0. The van der Waals surface area contributed by atoms with Crippen molar-refractivity contribution in [2.75, 3.05) is 32.4 Å². The monoisotopic (exact) mass is 499 g/mol. The van der Waals surface area contributed by atoms with Crippen molar-refractivity contribution >= 4 is 40.9 Å². The molecule has 7 heteroatoms. The number of rotatable bonds is 8. The third-order valence-corrected chi connectivity index (χ3v) is 7.75. The fraction of sp³-hybridized carbons (Fsp3) is 0.308. The van der Waals surface area contributed by atoms with Crippen LogP contribution in [0.4, 0.5) is 0 Å². The quantitative estimate of drug-likeness (QED) is 0.334. The lowest BCUT2D eigenvalue weighted by Gasteiger charge is -2.32. The Bertz CT molecular complexity index is 1070. The van der Waals surface area contributed by atoms with Crippen LogP contribution in [0.2, 0.25) is 10.0 Å². The lowest BCUT2D eigenvalue weighted by molar-refractivity contribution is -0.129. The van der Waals surface area contributed by atoms with E-state index in [2.05, 4.69) is 40.2 Å². The average molecular weight is 500 g/mol. The van der Waals surface area contributed by atoms with E-state index >= 15 is 0 Å². The lowest BCUT2D eigenvalue weighted by atomic mass is 10.0. The number of amides is 1. The molecular weight excluding hydrogens is 473 g/mol. The molecule has 172 valence electrons. The highest BCUT2D eigenvalue weighted by Crippen LogP contribution is 2.30. The highest BCUT2D eigenvalue weighted by molar-refractivity contribution is 8.00. The first-order chi connectivity index (χ1) is 16.0. The summed E-state index contributed by atoms with van der Waals surface area (Å²) in [5.41, 5.74) is 3.35. The molecule has 2 aromatic carbocycles. The number of thioether (sulfide) groups is 1. The zero-order valence-corrected chi connectivity index (χ0v) is 20.9. The van der Waals surface area contributed by atoms with Crippen LogP contribution in [0.15, 0.2) is 71.9 Å². The minimum Gasteiger partial charge on any atom is -0.337 e. The summed E-state index contributed by atoms with van der Waals surface area (Å²) in [6.45, 7) is 3.01. The van der Waals surface area contributed by atoms with Crippen LogP contribution in [-0.2, 0) is 4.79 Å². The normalized spacial score (nSPS) is 14.9. The van der Waals surface area contributed by atoms with Gasteiger partial charge in [-0.3, -0.25) is 9.78 Å². The van der Waals surface area contributed by atoms with Crippen LogP contribution >= 0.6 is 35.0 Å². The van der Waals surface area contributed by atoms with Crippen LogP contribution in [0.3, 0.4) is 0 Å². The predicted molar refractivity (Wildman–Crippen MR) is 138 cm³/mol. The van der Waals surface area contributed by atoms with Crippen LogP contribution in [0, 0.1) is 0 Å². The van der Waals surface area contributed by atoms with Crippen LogP contribution in [0.25, 0.3) is 11.1 Å². The molecule has 0 saturated carbocycles. The molecule has 3 aromatic rings. The van der Waals surface area contributed by atoms with E-state index in [1.807, 2.05) is 30.3 Å². The van der Waals surface area contributed by atoms with E-state index in [4.69, 9.17) is 23.2 Å². The van der Waals surface area contributed by atoms with Gasteiger partial charge in [-0.2, -0.15) is 0 Å². The second-order valence-electron chi connectivity index (χ2n) is 8.26. The Morgan fingerprint density at radius 1 is 1.06 bits per heavy atom. The summed E-state index contributed by atoms with van der Waals surface area (Å²) in [7, 11) is 1.91. The number of benzene rings is 2. The minimum absolute atomic E-state index is 0.00652. The van der Waals surface area contributed by atoms with Crippen molar-refractivity contribution in [1.29, 1.82) is 0 Å². The molecule has 4 nitrogen and oxygen atoms in total. The average Bonchev–Trinajstić information content (AvgIpc) is 3.37. The van der Waals surface area contributed by atoms with Crippen molar-refractivity contribution in [3.05, 3.63) is 82.6 Å². The Labute approximate surface area is 209 Å². The molecule has 1 aliphatic heterocycles.